The SMILES string of the molecule is CCC1Oc2ccccc2N(CCC(=O)Nc2cc(OC)c(OC)c(OC)c2)C1=O. The number of carbonyl (C=O) groups is 2. The van der Waals surface area contributed by atoms with Crippen molar-refractivity contribution in [1.82, 2.24) is 0 Å². The average Bonchev–Trinajstić information content (AvgIpc) is 2.77. The summed E-state index contributed by atoms with van der Waals surface area (Å²) in [4.78, 5) is 26.9. The molecular weight excluding hydrogens is 388 g/mol. The molecule has 1 aliphatic rings. The van der Waals surface area contributed by atoms with E-state index < -0.39 is 6.10 Å². The standard InChI is InChI=1S/C22H26N2O6/c1-5-16-22(26)24(15-8-6-7-9-17(15)30-16)11-10-20(25)23-14-12-18(27-2)21(29-4)19(13-14)28-3/h6-9,12-13,16H,5,10-11H2,1-4H3,(H,23,25). The lowest BCUT2D eigenvalue weighted by Crippen LogP contribution is -2.46. The fourth-order valence-corrected chi connectivity index (χ4v) is 3.35. The third-order valence-electron chi connectivity index (χ3n) is 4.85. The van der Waals surface area contributed by atoms with E-state index in [9.17, 15) is 9.59 Å². The van der Waals surface area contributed by atoms with Crippen molar-refractivity contribution < 1.29 is 28.5 Å². The van der Waals surface area contributed by atoms with Gasteiger partial charge in [0.05, 0.1) is 27.0 Å². The van der Waals surface area contributed by atoms with Crippen LogP contribution in [0.1, 0.15) is 19.8 Å². The Hall–Kier alpha value is -3.42. The van der Waals surface area contributed by atoms with Gasteiger partial charge in [-0.1, -0.05) is 19.1 Å². The molecule has 1 atom stereocenters. The summed E-state index contributed by atoms with van der Waals surface area (Å²) >= 11 is 0. The monoisotopic (exact) mass is 414 g/mol. The summed E-state index contributed by atoms with van der Waals surface area (Å²) in [5.74, 6) is 1.59. The van der Waals surface area contributed by atoms with Crippen LogP contribution >= 0.6 is 0 Å². The molecule has 160 valence electrons. The number of para-hydroxylation sites is 2. The van der Waals surface area contributed by atoms with Crippen molar-refractivity contribution in [3.63, 3.8) is 0 Å². The van der Waals surface area contributed by atoms with E-state index in [1.54, 1.807) is 17.0 Å². The van der Waals surface area contributed by atoms with E-state index in [1.165, 1.54) is 21.3 Å². The van der Waals surface area contributed by atoms with Crippen molar-refractivity contribution in [2.24, 2.45) is 0 Å². The number of fused-ring (bicyclic) bond motifs is 1. The second-order valence-corrected chi connectivity index (χ2v) is 6.68. The highest BCUT2D eigenvalue weighted by molar-refractivity contribution is 6.01. The lowest BCUT2D eigenvalue weighted by molar-refractivity contribution is -0.126. The van der Waals surface area contributed by atoms with Crippen molar-refractivity contribution in [1.29, 1.82) is 0 Å². The van der Waals surface area contributed by atoms with E-state index in [0.29, 0.717) is 40.8 Å². The number of methoxy groups -OCH3 is 3. The molecule has 1 heterocycles. The summed E-state index contributed by atoms with van der Waals surface area (Å²) in [5.41, 5.74) is 1.18. The van der Waals surface area contributed by atoms with Gasteiger partial charge in [0.2, 0.25) is 11.7 Å². The molecule has 2 amide bonds. The van der Waals surface area contributed by atoms with Gasteiger partial charge in [-0.2, -0.15) is 0 Å². The van der Waals surface area contributed by atoms with Crippen molar-refractivity contribution in [2.75, 3.05) is 38.1 Å². The zero-order chi connectivity index (χ0) is 21.7. The average molecular weight is 414 g/mol. The van der Waals surface area contributed by atoms with Gasteiger partial charge in [0.1, 0.15) is 5.75 Å². The molecule has 0 saturated carbocycles. The Morgan fingerprint density at radius 3 is 2.37 bits per heavy atom. The summed E-state index contributed by atoms with van der Waals surface area (Å²) in [6.07, 6.45) is 0.132. The van der Waals surface area contributed by atoms with Crippen LogP contribution < -0.4 is 29.2 Å². The number of benzene rings is 2. The molecule has 0 spiro atoms. The van der Waals surface area contributed by atoms with Gasteiger partial charge < -0.3 is 29.2 Å². The van der Waals surface area contributed by atoms with E-state index in [-0.39, 0.29) is 24.8 Å². The Morgan fingerprint density at radius 2 is 1.77 bits per heavy atom. The Bertz CT molecular complexity index is 905. The van der Waals surface area contributed by atoms with Gasteiger partial charge in [0.25, 0.3) is 5.91 Å². The van der Waals surface area contributed by atoms with Gasteiger partial charge in [0, 0.05) is 30.8 Å². The fourth-order valence-electron chi connectivity index (χ4n) is 3.35. The molecule has 0 bridgehead atoms. The number of nitrogens with zero attached hydrogens (tertiary/aromatic N) is 1. The van der Waals surface area contributed by atoms with Crippen LogP contribution in [-0.2, 0) is 9.59 Å². The maximum Gasteiger partial charge on any atom is 0.268 e. The zero-order valence-corrected chi connectivity index (χ0v) is 17.6. The van der Waals surface area contributed by atoms with Gasteiger partial charge in [0.15, 0.2) is 17.6 Å². The first-order valence-corrected chi connectivity index (χ1v) is 9.69. The molecule has 0 aliphatic carbocycles. The zero-order valence-electron chi connectivity index (χ0n) is 17.6. The summed E-state index contributed by atoms with van der Waals surface area (Å²) in [5, 5.41) is 2.82. The van der Waals surface area contributed by atoms with Crippen LogP contribution in [0.3, 0.4) is 0 Å². The lowest BCUT2D eigenvalue weighted by atomic mass is 10.1. The minimum Gasteiger partial charge on any atom is -0.493 e. The molecule has 2 aromatic carbocycles. The number of hydrogen-bond acceptors (Lipinski definition) is 6. The molecule has 1 N–H and O–H groups in total. The van der Waals surface area contributed by atoms with E-state index in [1.807, 2.05) is 31.2 Å². The predicted molar refractivity (Wildman–Crippen MR) is 113 cm³/mol. The number of anilines is 2. The summed E-state index contributed by atoms with van der Waals surface area (Å²) in [6, 6.07) is 10.6. The number of ether oxygens (including phenoxy) is 4. The van der Waals surface area contributed by atoms with Crippen LogP contribution in [-0.4, -0.2) is 45.8 Å². The minimum absolute atomic E-state index is 0.118. The second-order valence-electron chi connectivity index (χ2n) is 6.68. The molecule has 8 heteroatoms. The molecule has 0 fully saturated rings. The largest absolute Gasteiger partial charge is 0.493 e. The Labute approximate surface area is 175 Å². The number of hydrogen-bond donors (Lipinski definition) is 1. The second kappa shape index (κ2) is 9.39. The van der Waals surface area contributed by atoms with Crippen LogP contribution in [0, 0.1) is 0 Å². The third-order valence-corrected chi connectivity index (χ3v) is 4.85. The van der Waals surface area contributed by atoms with Crippen LogP contribution in [0.5, 0.6) is 23.0 Å². The van der Waals surface area contributed by atoms with E-state index in [4.69, 9.17) is 18.9 Å². The first kappa shape index (κ1) is 21.3. The van der Waals surface area contributed by atoms with Crippen molar-refractivity contribution in [3.8, 4) is 23.0 Å². The van der Waals surface area contributed by atoms with E-state index in [0.717, 1.165) is 0 Å². The normalized spacial score (nSPS) is 15.1. The van der Waals surface area contributed by atoms with Gasteiger partial charge in [-0.3, -0.25) is 9.59 Å². The minimum atomic E-state index is -0.543. The first-order valence-electron chi connectivity index (χ1n) is 9.69. The number of rotatable bonds is 8. The van der Waals surface area contributed by atoms with Gasteiger partial charge in [-0.05, 0) is 18.6 Å². The predicted octanol–water partition coefficient (Wildman–Crippen LogP) is 3.25. The highest BCUT2D eigenvalue weighted by Gasteiger charge is 2.33. The Morgan fingerprint density at radius 1 is 1.10 bits per heavy atom. The molecule has 0 saturated heterocycles. The molecule has 0 radical (unpaired) electrons. The summed E-state index contributed by atoms with van der Waals surface area (Å²) < 4.78 is 21.7. The van der Waals surface area contributed by atoms with Crippen LogP contribution in [0.15, 0.2) is 36.4 Å². The number of nitrogens with one attached hydrogen (secondary N) is 1. The van der Waals surface area contributed by atoms with Gasteiger partial charge in [-0.25, -0.2) is 0 Å². The Balaban J connectivity index is 1.72. The third kappa shape index (κ3) is 4.27. The molecule has 2 aromatic rings. The fraction of sp³-hybridized carbons (Fsp3) is 0.364. The van der Waals surface area contributed by atoms with Crippen LogP contribution in [0.4, 0.5) is 11.4 Å². The van der Waals surface area contributed by atoms with Crippen LogP contribution in [0.25, 0.3) is 0 Å². The maximum absolute atomic E-state index is 12.7. The van der Waals surface area contributed by atoms with Crippen molar-refractivity contribution in [3.05, 3.63) is 36.4 Å². The molecule has 1 aliphatic heterocycles. The topological polar surface area (TPSA) is 86.3 Å². The summed E-state index contributed by atoms with van der Waals surface area (Å²) in [7, 11) is 4.53. The van der Waals surface area contributed by atoms with Crippen molar-refractivity contribution >= 4 is 23.2 Å². The molecular formula is C22H26N2O6. The Kier molecular flexibility index (Phi) is 6.66. The van der Waals surface area contributed by atoms with Gasteiger partial charge in [-0.15, -0.1) is 0 Å². The molecule has 30 heavy (non-hydrogen) atoms. The highest BCUT2D eigenvalue weighted by atomic mass is 16.5. The lowest BCUT2D eigenvalue weighted by Gasteiger charge is -2.33. The quantitative estimate of drug-likeness (QED) is 0.714. The maximum atomic E-state index is 12.7. The molecule has 3 rings (SSSR count). The van der Waals surface area contributed by atoms with Gasteiger partial charge >= 0.3 is 0 Å². The van der Waals surface area contributed by atoms with Crippen molar-refractivity contribution in [2.45, 2.75) is 25.9 Å². The van der Waals surface area contributed by atoms with E-state index >= 15 is 0 Å². The number of amides is 2. The summed E-state index contributed by atoms with van der Waals surface area (Å²) in [6.45, 7) is 2.14. The highest BCUT2D eigenvalue weighted by Crippen LogP contribution is 2.40. The molecule has 0 aromatic heterocycles. The molecule has 8 nitrogen and oxygen atoms in total. The van der Waals surface area contributed by atoms with E-state index in [2.05, 4.69) is 5.32 Å². The first-order chi connectivity index (χ1) is 14.5. The van der Waals surface area contributed by atoms with Crippen LogP contribution in [0.2, 0.25) is 0 Å². The number of carbonyl (C=O) groups excluding carboxylic acids is 2. The smallest absolute Gasteiger partial charge is 0.268 e. The molecule has 1 unspecified atom stereocenters.